The van der Waals surface area contributed by atoms with Gasteiger partial charge in [0.2, 0.25) is 0 Å². The van der Waals surface area contributed by atoms with Crippen molar-refractivity contribution < 1.29 is 4.74 Å². The zero-order valence-corrected chi connectivity index (χ0v) is 11.9. The monoisotopic (exact) mass is 255 g/mol. The second-order valence-corrected chi connectivity index (χ2v) is 4.75. The zero-order chi connectivity index (χ0) is 13.7. The lowest BCUT2D eigenvalue weighted by molar-refractivity contribution is 0.340. The third-order valence-electron chi connectivity index (χ3n) is 3.07. The second kappa shape index (κ2) is 6.28. The number of nitrogens with one attached hydrogen (secondary N) is 1. The Bertz CT molecular complexity index is 549. The summed E-state index contributed by atoms with van der Waals surface area (Å²) >= 11 is 0. The summed E-state index contributed by atoms with van der Waals surface area (Å²) in [6, 6.07) is 14.7. The van der Waals surface area contributed by atoms with Gasteiger partial charge in [-0.25, -0.2) is 0 Å². The molecule has 0 radical (unpaired) electrons. The minimum atomic E-state index is 0.702. The van der Waals surface area contributed by atoms with Gasteiger partial charge in [-0.2, -0.15) is 0 Å². The molecule has 100 valence electrons. The van der Waals surface area contributed by atoms with E-state index in [0.717, 1.165) is 12.3 Å². The van der Waals surface area contributed by atoms with E-state index in [4.69, 9.17) is 4.74 Å². The summed E-state index contributed by atoms with van der Waals surface area (Å²) in [4.78, 5) is 0. The van der Waals surface area contributed by atoms with Crippen molar-refractivity contribution in [1.29, 1.82) is 0 Å². The van der Waals surface area contributed by atoms with Gasteiger partial charge in [0.05, 0.1) is 6.61 Å². The van der Waals surface area contributed by atoms with E-state index in [9.17, 15) is 0 Å². The Morgan fingerprint density at radius 3 is 2.63 bits per heavy atom. The maximum atomic E-state index is 5.51. The summed E-state index contributed by atoms with van der Waals surface area (Å²) in [5, 5.41) is 3.47. The lowest BCUT2D eigenvalue weighted by Gasteiger charge is -2.11. The van der Waals surface area contributed by atoms with Gasteiger partial charge in [-0.3, -0.25) is 0 Å². The van der Waals surface area contributed by atoms with Gasteiger partial charge in [-0.15, -0.1) is 0 Å². The molecule has 0 heterocycles. The Morgan fingerprint density at radius 1 is 1.05 bits per heavy atom. The molecule has 0 aromatic heterocycles. The summed E-state index contributed by atoms with van der Waals surface area (Å²) < 4.78 is 5.51. The van der Waals surface area contributed by atoms with E-state index >= 15 is 0 Å². The minimum absolute atomic E-state index is 0.702. The lowest BCUT2D eigenvalue weighted by atomic mass is 10.1. The fraction of sp³-hybridized carbons (Fsp3) is 0.294. The number of aryl methyl sites for hydroxylation is 2. The highest BCUT2D eigenvalue weighted by atomic mass is 16.5. The molecule has 1 N–H and O–H groups in total. The van der Waals surface area contributed by atoms with Crippen molar-refractivity contribution in [2.24, 2.45) is 0 Å². The first-order valence-electron chi connectivity index (χ1n) is 6.72. The molecule has 0 bridgehead atoms. The normalized spacial score (nSPS) is 10.3. The van der Waals surface area contributed by atoms with Gasteiger partial charge in [-0.1, -0.05) is 29.8 Å². The van der Waals surface area contributed by atoms with Crippen LogP contribution < -0.4 is 10.1 Å². The minimum Gasteiger partial charge on any atom is -0.494 e. The average Bonchev–Trinajstić information content (AvgIpc) is 2.38. The zero-order valence-electron chi connectivity index (χ0n) is 11.9. The predicted molar refractivity (Wildman–Crippen MR) is 80.9 cm³/mol. The van der Waals surface area contributed by atoms with Crippen molar-refractivity contribution in [2.75, 3.05) is 11.9 Å². The second-order valence-electron chi connectivity index (χ2n) is 4.75. The van der Waals surface area contributed by atoms with Crippen LogP contribution in [0.15, 0.2) is 42.5 Å². The number of anilines is 1. The third kappa shape index (κ3) is 3.75. The van der Waals surface area contributed by atoms with Crippen molar-refractivity contribution in [3.05, 3.63) is 59.2 Å². The van der Waals surface area contributed by atoms with Crippen molar-refractivity contribution in [1.82, 2.24) is 0 Å². The molecule has 0 atom stereocenters. The molecule has 0 amide bonds. The standard InChI is InChI=1S/C17H21NO/c1-4-19-16-7-5-6-15(11-16)12-18-17-9-8-13(2)10-14(17)3/h5-11,18H,4,12H2,1-3H3. The highest BCUT2D eigenvalue weighted by Gasteiger charge is 2.00. The largest absolute Gasteiger partial charge is 0.494 e. The molecule has 0 fully saturated rings. The quantitative estimate of drug-likeness (QED) is 0.859. The van der Waals surface area contributed by atoms with Gasteiger partial charge in [0.25, 0.3) is 0 Å². The number of hydrogen-bond donors (Lipinski definition) is 1. The van der Waals surface area contributed by atoms with E-state index in [1.165, 1.54) is 22.4 Å². The molecule has 2 rings (SSSR count). The van der Waals surface area contributed by atoms with Crippen LogP contribution in [0.1, 0.15) is 23.6 Å². The van der Waals surface area contributed by atoms with Crippen molar-refractivity contribution in [3.63, 3.8) is 0 Å². The van der Waals surface area contributed by atoms with Gasteiger partial charge in [-0.05, 0) is 50.1 Å². The maximum Gasteiger partial charge on any atom is 0.119 e. The predicted octanol–water partition coefficient (Wildman–Crippen LogP) is 4.31. The Kier molecular flexibility index (Phi) is 4.45. The summed E-state index contributed by atoms with van der Waals surface area (Å²) in [5.41, 5.74) is 4.99. The molecule has 0 saturated heterocycles. The van der Waals surface area contributed by atoms with E-state index in [1.807, 2.05) is 19.1 Å². The maximum absolute atomic E-state index is 5.51. The van der Waals surface area contributed by atoms with Crippen molar-refractivity contribution in [2.45, 2.75) is 27.3 Å². The van der Waals surface area contributed by atoms with Crippen LogP contribution in [0.25, 0.3) is 0 Å². The van der Waals surface area contributed by atoms with Gasteiger partial charge >= 0.3 is 0 Å². The van der Waals surface area contributed by atoms with Crippen LogP contribution in [0.5, 0.6) is 5.75 Å². The van der Waals surface area contributed by atoms with Crippen LogP contribution in [-0.2, 0) is 6.54 Å². The van der Waals surface area contributed by atoms with Crippen LogP contribution in [0.4, 0.5) is 5.69 Å². The molecule has 2 aromatic carbocycles. The number of rotatable bonds is 5. The molecule has 0 aliphatic heterocycles. The van der Waals surface area contributed by atoms with Crippen LogP contribution in [0.3, 0.4) is 0 Å². The Balaban J connectivity index is 2.03. The SMILES string of the molecule is CCOc1cccc(CNc2ccc(C)cc2C)c1. The molecule has 2 nitrogen and oxygen atoms in total. The topological polar surface area (TPSA) is 21.3 Å². The van der Waals surface area contributed by atoms with Crippen molar-refractivity contribution >= 4 is 5.69 Å². The average molecular weight is 255 g/mol. The molecule has 0 unspecified atom stereocenters. The van der Waals surface area contributed by atoms with Crippen LogP contribution >= 0.6 is 0 Å². The van der Waals surface area contributed by atoms with Gasteiger partial charge in [0, 0.05) is 12.2 Å². The summed E-state index contributed by atoms with van der Waals surface area (Å²) in [5.74, 6) is 0.933. The van der Waals surface area contributed by atoms with E-state index in [1.54, 1.807) is 0 Å². The van der Waals surface area contributed by atoms with E-state index < -0.39 is 0 Å². The molecule has 0 aliphatic rings. The van der Waals surface area contributed by atoms with Crippen LogP contribution in [0, 0.1) is 13.8 Å². The smallest absolute Gasteiger partial charge is 0.119 e. The summed E-state index contributed by atoms with van der Waals surface area (Å²) in [6.45, 7) is 7.76. The summed E-state index contributed by atoms with van der Waals surface area (Å²) in [6.07, 6.45) is 0. The molecular weight excluding hydrogens is 234 g/mol. The molecule has 0 aliphatic carbocycles. The Morgan fingerprint density at radius 2 is 1.89 bits per heavy atom. The van der Waals surface area contributed by atoms with E-state index in [2.05, 4.69) is 49.5 Å². The Labute approximate surface area is 115 Å². The van der Waals surface area contributed by atoms with Crippen LogP contribution in [-0.4, -0.2) is 6.61 Å². The summed E-state index contributed by atoms with van der Waals surface area (Å²) in [7, 11) is 0. The van der Waals surface area contributed by atoms with Gasteiger partial charge < -0.3 is 10.1 Å². The third-order valence-corrected chi connectivity index (χ3v) is 3.07. The first kappa shape index (κ1) is 13.5. The number of hydrogen-bond acceptors (Lipinski definition) is 2. The lowest BCUT2D eigenvalue weighted by Crippen LogP contribution is -2.01. The molecule has 19 heavy (non-hydrogen) atoms. The molecule has 0 spiro atoms. The Hall–Kier alpha value is -1.96. The van der Waals surface area contributed by atoms with Gasteiger partial charge in [0.15, 0.2) is 0 Å². The fourth-order valence-corrected chi connectivity index (χ4v) is 2.12. The highest BCUT2D eigenvalue weighted by Crippen LogP contribution is 2.18. The molecular formula is C17H21NO. The molecule has 2 heteroatoms. The number of benzene rings is 2. The van der Waals surface area contributed by atoms with E-state index in [-0.39, 0.29) is 0 Å². The van der Waals surface area contributed by atoms with Gasteiger partial charge in [0.1, 0.15) is 5.75 Å². The van der Waals surface area contributed by atoms with Crippen molar-refractivity contribution in [3.8, 4) is 5.75 Å². The highest BCUT2D eigenvalue weighted by molar-refractivity contribution is 5.52. The fourth-order valence-electron chi connectivity index (χ4n) is 2.12. The van der Waals surface area contributed by atoms with E-state index in [0.29, 0.717) is 6.61 Å². The molecule has 2 aromatic rings. The first-order valence-corrected chi connectivity index (χ1v) is 6.72. The first-order chi connectivity index (χ1) is 9.19. The van der Waals surface area contributed by atoms with Crippen LogP contribution in [0.2, 0.25) is 0 Å². The molecule has 0 saturated carbocycles. The number of ether oxygens (including phenoxy) is 1.